The molecule has 1 saturated heterocycles. The molecule has 1 fully saturated rings. The van der Waals surface area contributed by atoms with Crippen LogP contribution < -0.4 is 4.90 Å². The molecule has 0 spiro atoms. The van der Waals surface area contributed by atoms with Crippen LogP contribution in [0.15, 0.2) is 4.52 Å². The van der Waals surface area contributed by atoms with Crippen molar-refractivity contribution in [1.82, 2.24) is 10.1 Å². The first kappa shape index (κ1) is 14.9. The third kappa shape index (κ3) is 3.41. The first-order valence-electron chi connectivity index (χ1n) is 6.48. The van der Waals surface area contributed by atoms with Gasteiger partial charge in [0.15, 0.2) is 5.82 Å². The Hall–Kier alpha value is -1.17. The van der Waals surface area contributed by atoms with Gasteiger partial charge in [-0.1, -0.05) is 32.9 Å². The molecule has 0 amide bonds. The topological polar surface area (TPSA) is 62.4 Å². The average Bonchev–Trinajstić information content (AvgIpc) is 2.85. The van der Waals surface area contributed by atoms with Crippen molar-refractivity contribution < 1.29 is 14.0 Å². The average molecular weight is 259 g/mol. The summed E-state index contributed by atoms with van der Waals surface area (Å²) < 4.78 is 18.4. The molecule has 1 aliphatic rings. The van der Waals surface area contributed by atoms with E-state index < -0.39 is 12.3 Å². The molecule has 1 N–H and O–H groups in total. The molecule has 2 unspecified atom stereocenters. The van der Waals surface area contributed by atoms with Crippen molar-refractivity contribution in [1.29, 1.82) is 0 Å². The fourth-order valence-electron chi connectivity index (χ4n) is 1.66. The second-order valence-electron chi connectivity index (χ2n) is 4.41. The summed E-state index contributed by atoms with van der Waals surface area (Å²) in [4.78, 5) is 5.87. The van der Waals surface area contributed by atoms with E-state index in [1.165, 1.54) is 0 Å². The van der Waals surface area contributed by atoms with Gasteiger partial charge >= 0.3 is 6.01 Å². The summed E-state index contributed by atoms with van der Waals surface area (Å²) >= 11 is 0. The summed E-state index contributed by atoms with van der Waals surface area (Å²) in [6.07, 6.45) is -1.73. The Morgan fingerprint density at radius 1 is 1.44 bits per heavy atom. The van der Waals surface area contributed by atoms with Crippen molar-refractivity contribution in [3.63, 3.8) is 0 Å². The van der Waals surface area contributed by atoms with E-state index in [0.29, 0.717) is 24.8 Å². The Morgan fingerprint density at radius 2 is 2.11 bits per heavy atom. The minimum absolute atomic E-state index is 0.112. The largest absolute Gasteiger partial charge is 0.390 e. The summed E-state index contributed by atoms with van der Waals surface area (Å²) in [6.45, 7) is 8.58. The Bertz CT molecular complexity index is 357. The van der Waals surface area contributed by atoms with Gasteiger partial charge in [-0.25, -0.2) is 4.39 Å². The molecule has 6 heteroatoms. The van der Waals surface area contributed by atoms with Crippen molar-refractivity contribution in [2.24, 2.45) is 0 Å². The van der Waals surface area contributed by atoms with Crippen molar-refractivity contribution in [3.05, 3.63) is 5.82 Å². The van der Waals surface area contributed by atoms with Gasteiger partial charge in [0, 0.05) is 12.5 Å². The zero-order valence-corrected chi connectivity index (χ0v) is 11.4. The molecule has 0 aromatic carbocycles. The molecule has 18 heavy (non-hydrogen) atoms. The van der Waals surface area contributed by atoms with Gasteiger partial charge < -0.3 is 14.5 Å². The second kappa shape index (κ2) is 6.68. The summed E-state index contributed by atoms with van der Waals surface area (Å²) in [5, 5.41) is 13.1. The lowest BCUT2D eigenvalue weighted by Gasteiger charge is -2.30. The van der Waals surface area contributed by atoms with Gasteiger partial charge in [0.25, 0.3) is 0 Å². The number of aliphatic hydroxyl groups excluding tert-OH is 1. The normalized spacial score (nSPS) is 23.8. The number of hydrogen-bond donors (Lipinski definition) is 1. The van der Waals surface area contributed by atoms with Crippen LogP contribution in [0.2, 0.25) is 0 Å². The summed E-state index contributed by atoms with van der Waals surface area (Å²) in [7, 11) is 0. The van der Waals surface area contributed by atoms with Gasteiger partial charge in [-0.3, -0.25) is 0 Å². The van der Waals surface area contributed by atoms with Crippen molar-refractivity contribution >= 4 is 6.01 Å². The predicted molar refractivity (Wildman–Crippen MR) is 67.5 cm³/mol. The SMILES string of the molecule is CC.CC(C)c1noc(N2CCC(O)C(F)C2)n1. The van der Waals surface area contributed by atoms with E-state index in [-0.39, 0.29) is 12.5 Å². The summed E-state index contributed by atoms with van der Waals surface area (Å²) in [6, 6.07) is 0.346. The monoisotopic (exact) mass is 259 g/mol. The van der Waals surface area contributed by atoms with Crippen LogP contribution in [0.4, 0.5) is 10.4 Å². The highest BCUT2D eigenvalue weighted by Crippen LogP contribution is 2.21. The van der Waals surface area contributed by atoms with Crippen molar-refractivity contribution in [2.45, 2.75) is 52.3 Å². The van der Waals surface area contributed by atoms with E-state index in [2.05, 4.69) is 10.1 Å². The first-order chi connectivity index (χ1) is 8.58. The lowest BCUT2D eigenvalue weighted by Crippen LogP contribution is -2.44. The van der Waals surface area contributed by atoms with Gasteiger partial charge in [0.05, 0.1) is 12.6 Å². The fraction of sp³-hybridized carbons (Fsp3) is 0.833. The third-order valence-electron chi connectivity index (χ3n) is 2.73. The Morgan fingerprint density at radius 3 is 2.61 bits per heavy atom. The number of alkyl halides is 1. The maximum atomic E-state index is 13.3. The van der Waals surface area contributed by atoms with E-state index in [4.69, 9.17) is 4.52 Å². The highest BCUT2D eigenvalue weighted by Gasteiger charge is 2.30. The number of aromatic nitrogens is 2. The molecule has 1 aromatic rings. The highest BCUT2D eigenvalue weighted by atomic mass is 19.1. The molecule has 2 heterocycles. The van der Waals surface area contributed by atoms with Crippen LogP contribution in [0.3, 0.4) is 0 Å². The second-order valence-corrected chi connectivity index (χ2v) is 4.41. The quantitative estimate of drug-likeness (QED) is 0.881. The fourth-order valence-corrected chi connectivity index (χ4v) is 1.66. The molecule has 5 nitrogen and oxygen atoms in total. The van der Waals surface area contributed by atoms with Crippen LogP contribution in [0.25, 0.3) is 0 Å². The van der Waals surface area contributed by atoms with E-state index in [1.54, 1.807) is 4.90 Å². The zero-order chi connectivity index (χ0) is 13.7. The van der Waals surface area contributed by atoms with Crippen LogP contribution in [-0.4, -0.2) is 40.6 Å². The molecule has 0 aliphatic carbocycles. The van der Waals surface area contributed by atoms with Crippen LogP contribution in [0.1, 0.15) is 45.9 Å². The van der Waals surface area contributed by atoms with Gasteiger partial charge in [0.1, 0.15) is 6.17 Å². The standard InChI is InChI=1S/C10H16FN3O2.C2H6/c1-6(2)9-12-10(16-13-9)14-4-3-8(15)7(11)5-14;1-2/h6-8,15H,3-5H2,1-2H3;1-2H3. The Balaban J connectivity index is 0.000000771. The van der Waals surface area contributed by atoms with Gasteiger partial charge in [-0.05, 0) is 6.42 Å². The van der Waals surface area contributed by atoms with E-state index in [0.717, 1.165) is 0 Å². The number of hydrogen-bond acceptors (Lipinski definition) is 5. The van der Waals surface area contributed by atoms with Crippen LogP contribution in [0.5, 0.6) is 0 Å². The molecule has 1 aliphatic heterocycles. The molecule has 0 bridgehead atoms. The van der Waals surface area contributed by atoms with E-state index in [1.807, 2.05) is 27.7 Å². The minimum Gasteiger partial charge on any atom is -0.390 e. The molecular weight excluding hydrogens is 237 g/mol. The number of halogens is 1. The predicted octanol–water partition coefficient (Wildman–Crippen LogP) is 2.13. The van der Waals surface area contributed by atoms with E-state index >= 15 is 0 Å². The smallest absolute Gasteiger partial charge is 0.324 e. The molecule has 0 saturated carbocycles. The maximum absolute atomic E-state index is 13.3. The number of rotatable bonds is 2. The van der Waals surface area contributed by atoms with Crippen LogP contribution in [-0.2, 0) is 0 Å². The maximum Gasteiger partial charge on any atom is 0.324 e. The molecule has 2 rings (SSSR count). The van der Waals surface area contributed by atoms with Gasteiger partial charge in [-0.2, -0.15) is 4.98 Å². The Labute approximate surface area is 107 Å². The van der Waals surface area contributed by atoms with Gasteiger partial charge in [-0.15, -0.1) is 0 Å². The van der Waals surface area contributed by atoms with Crippen molar-refractivity contribution in [3.8, 4) is 0 Å². The van der Waals surface area contributed by atoms with Gasteiger partial charge in [0.2, 0.25) is 0 Å². The summed E-state index contributed by atoms with van der Waals surface area (Å²) in [5.41, 5.74) is 0. The van der Waals surface area contributed by atoms with Crippen molar-refractivity contribution in [2.75, 3.05) is 18.0 Å². The number of aliphatic hydroxyl groups is 1. The number of piperidine rings is 1. The molecular formula is C12H22FN3O2. The highest BCUT2D eigenvalue weighted by molar-refractivity contribution is 5.27. The summed E-state index contributed by atoms with van der Waals surface area (Å²) in [5.74, 6) is 0.811. The third-order valence-corrected chi connectivity index (χ3v) is 2.73. The van der Waals surface area contributed by atoms with Crippen LogP contribution in [0, 0.1) is 0 Å². The number of anilines is 1. The molecule has 104 valence electrons. The molecule has 0 radical (unpaired) electrons. The lowest BCUT2D eigenvalue weighted by molar-refractivity contribution is 0.0600. The molecule has 2 atom stereocenters. The zero-order valence-electron chi connectivity index (χ0n) is 11.4. The first-order valence-corrected chi connectivity index (χ1v) is 6.48. The Kier molecular flexibility index (Phi) is 5.53. The lowest BCUT2D eigenvalue weighted by atomic mass is 10.1. The molecule has 1 aromatic heterocycles. The number of nitrogens with zero attached hydrogens (tertiary/aromatic N) is 3. The van der Waals surface area contributed by atoms with Crippen LogP contribution >= 0.6 is 0 Å². The van der Waals surface area contributed by atoms with E-state index in [9.17, 15) is 9.50 Å². The minimum atomic E-state index is -1.25.